The number of thioether (sulfide) groups is 1. The standard InChI is InChI=1S/C15H18ClN3OS/c1-19-8-2-3-11(9-19)10-21-15-18-17-14(20-15)12-4-6-13(16)7-5-12/h4-7,11H,2-3,8-10H2,1H3. The summed E-state index contributed by atoms with van der Waals surface area (Å²) in [6, 6.07) is 7.43. The first kappa shape index (κ1) is 14.9. The van der Waals surface area contributed by atoms with E-state index in [2.05, 4.69) is 22.1 Å². The van der Waals surface area contributed by atoms with Crippen LogP contribution < -0.4 is 0 Å². The van der Waals surface area contributed by atoms with E-state index in [9.17, 15) is 0 Å². The van der Waals surface area contributed by atoms with E-state index in [-0.39, 0.29) is 0 Å². The van der Waals surface area contributed by atoms with Crippen LogP contribution in [-0.2, 0) is 0 Å². The molecule has 0 bridgehead atoms. The van der Waals surface area contributed by atoms with Crippen molar-refractivity contribution in [1.29, 1.82) is 0 Å². The second kappa shape index (κ2) is 6.81. The van der Waals surface area contributed by atoms with Gasteiger partial charge >= 0.3 is 0 Å². The van der Waals surface area contributed by atoms with Gasteiger partial charge in [0.2, 0.25) is 5.89 Å². The number of likely N-dealkylation sites (tertiary alicyclic amines) is 1. The number of nitrogens with zero attached hydrogens (tertiary/aromatic N) is 3. The first-order valence-electron chi connectivity index (χ1n) is 7.11. The third kappa shape index (κ3) is 3.99. The van der Waals surface area contributed by atoms with Crippen molar-refractivity contribution < 1.29 is 4.42 Å². The Balaban J connectivity index is 1.59. The first-order chi connectivity index (χ1) is 10.2. The molecule has 1 atom stereocenters. The molecule has 1 fully saturated rings. The fourth-order valence-corrected chi connectivity index (χ4v) is 3.59. The van der Waals surface area contributed by atoms with Crippen LogP contribution in [0.4, 0.5) is 0 Å². The van der Waals surface area contributed by atoms with E-state index in [0.29, 0.717) is 22.1 Å². The maximum absolute atomic E-state index is 5.88. The summed E-state index contributed by atoms with van der Waals surface area (Å²) in [4.78, 5) is 2.39. The molecule has 1 saturated heterocycles. The van der Waals surface area contributed by atoms with Crippen molar-refractivity contribution >= 4 is 23.4 Å². The van der Waals surface area contributed by atoms with Gasteiger partial charge in [-0.15, -0.1) is 10.2 Å². The van der Waals surface area contributed by atoms with E-state index in [0.717, 1.165) is 17.9 Å². The number of hydrogen-bond acceptors (Lipinski definition) is 5. The summed E-state index contributed by atoms with van der Waals surface area (Å²) >= 11 is 7.53. The van der Waals surface area contributed by atoms with Crippen molar-refractivity contribution in [2.24, 2.45) is 5.92 Å². The summed E-state index contributed by atoms with van der Waals surface area (Å²) in [5.41, 5.74) is 0.899. The van der Waals surface area contributed by atoms with Crippen LogP contribution in [0.2, 0.25) is 5.02 Å². The maximum Gasteiger partial charge on any atom is 0.276 e. The molecule has 1 aliphatic rings. The largest absolute Gasteiger partial charge is 0.411 e. The van der Waals surface area contributed by atoms with Crippen LogP contribution in [0.3, 0.4) is 0 Å². The molecule has 112 valence electrons. The van der Waals surface area contributed by atoms with Crippen LogP contribution in [0.1, 0.15) is 12.8 Å². The highest BCUT2D eigenvalue weighted by Crippen LogP contribution is 2.27. The molecule has 3 rings (SSSR count). The molecule has 0 amide bonds. The predicted molar refractivity (Wildman–Crippen MR) is 85.7 cm³/mol. The average Bonchev–Trinajstić information content (AvgIpc) is 2.95. The van der Waals surface area contributed by atoms with Gasteiger partial charge in [0, 0.05) is 22.9 Å². The van der Waals surface area contributed by atoms with Crippen molar-refractivity contribution in [1.82, 2.24) is 15.1 Å². The van der Waals surface area contributed by atoms with E-state index < -0.39 is 0 Å². The maximum atomic E-state index is 5.88. The SMILES string of the molecule is CN1CCCC(CSc2nnc(-c3ccc(Cl)cc3)o2)C1. The molecule has 2 aromatic rings. The number of piperidine rings is 1. The van der Waals surface area contributed by atoms with E-state index in [1.165, 1.54) is 19.4 Å². The Morgan fingerprint density at radius 3 is 2.90 bits per heavy atom. The molecule has 0 N–H and O–H groups in total. The van der Waals surface area contributed by atoms with Gasteiger partial charge in [0.05, 0.1) is 0 Å². The molecule has 4 nitrogen and oxygen atoms in total. The van der Waals surface area contributed by atoms with Crippen LogP contribution in [-0.4, -0.2) is 41.0 Å². The second-order valence-corrected chi connectivity index (χ2v) is 6.87. The minimum absolute atomic E-state index is 0.551. The fourth-order valence-electron chi connectivity index (χ4n) is 2.58. The third-order valence-electron chi connectivity index (χ3n) is 3.66. The topological polar surface area (TPSA) is 42.2 Å². The number of aromatic nitrogens is 2. The molecule has 21 heavy (non-hydrogen) atoms. The number of halogens is 1. The van der Waals surface area contributed by atoms with E-state index in [1.54, 1.807) is 11.8 Å². The molecule has 2 heterocycles. The monoisotopic (exact) mass is 323 g/mol. The molecule has 0 aliphatic carbocycles. The number of benzene rings is 1. The average molecular weight is 324 g/mol. The Bertz CT molecular complexity index is 587. The molecule has 6 heteroatoms. The minimum Gasteiger partial charge on any atom is -0.411 e. The highest BCUT2D eigenvalue weighted by Gasteiger charge is 2.18. The molecule has 0 saturated carbocycles. The second-order valence-electron chi connectivity index (χ2n) is 5.46. The van der Waals surface area contributed by atoms with Gasteiger partial charge in [0.15, 0.2) is 0 Å². The highest BCUT2D eigenvalue weighted by molar-refractivity contribution is 7.99. The van der Waals surface area contributed by atoms with Gasteiger partial charge in [-0.05, 0) is 56.6 Å². The van der Waals surface area contributed by atoms with Crippen molar-refractivity contribution in [2.75, 3.05) is 25.9 Å². The van der Waals surface area contributed by atoms with Crippen molar-refractivity contribution in [3.05, 3.63) is 29.3 Å². The van der Waals surface area contributed by atoms with E-state index in [4.69, 9.17) is 16.0 Å². The Kier molecular flexibility index (Phi) is 4.83. The zero-order valence-corrected chi connectivity index (χ0v) is 13.5. The quantitative estimate of drug-likeness (QED) is 0.800. The molecular weight excluding hydrogens is 306 g/mol. The van der Waals surface area contributed by atoms with Crippen LogP contribution in [0, 0.1) is 5.92 Å². The normalized spacial score (nSPS) is 19.8. The molecule has 0 radical (unpaired) electrons. The third-order valence-corrected chi connectivity index (χ3v) is 4.96. The Morgan fingerprint density at radius 1 is 1.33 bits per heavy atom. The summed E-state index contributed by atoms with van der Waals surface area (Å²) in [6.07, 6.45) is 2.57. The molecule has 1 unspecified atom stereocenters. The van der Waals surface area contributed by atoms with Gasteiger partial charge in [-0.1, -0.05) is 23.4 Å². The van der Waals surface area contributed by atoms with E-state index >= 15 is 0 Å². The molecule has 1 aromatic heterocycles. The lowest BCUT2D eigenvalue weighted by atomic mass is 10.0. The van der Waals surface area contributed by atoms with Gasteiger partial charge in [0.1, 0.15) is 0 Å². The fraction of sp³-hybridized carbons (Fsp3) is 0.467. The Morgan fingerprint density at radius 2 is 2.14 bits per heavy atom. The van der Waals surface area contributed by atoms with Crippen molar-refractivity contribution in [2.45, 2.75) is 18.1 Å². The molecule has 1 aliphatic heterocycles. The van der Waals surface area contributed by atoms with Gasteiger partial charge < -0.3 is 9.32 Å². The summed E-state index contributed by atoms with van der Waals surface area (Å²) in [5.74, 6) is 2.29. The van der Waals surface area contributed by atoms with Crippen LogP contribution in [0.25, 0.3) is 11.5 Å². The number of rotatable bonds is 4. The van der Waals surface area contributed by atoms with Gasteiger partial charge in [-0.3, -0.25) is 0 Å². The van der Waals surface area contributed by atoms with Gasteiger partial charge in [-0.25, -0.2) is 0 Å². The summed E-state index contributed by atoms with van der Waals surface area (Å²) in [7, 11) is 2.18. The highest BCUT2D eigenvalue weighted by atomic mass is 35.5. The summed E-state index contributed by atoms with van der Waals surface area (Å²) < 4.78 is 5.71. The summed E-state index contributed by atoms with van der Waals surface area (Å²) in [6.45, 7) is 2.37. The van der Waals surface area contributed by atoms with Crippen molar-refractivity contribution in [3.8, 4) is 11.5 Å². The molecular formula is C15H18ClN3OS. The zero-order chi connectivity index (χ0) is 14.7. The van der Waals surface area contributed by atoms with Crippen LogP contribution in [0.15, 0.2) is 33.9 Å². The van der Waals surface area contributed by atoms with Crippen molar-refractivity contribution in [3.63, 3.8) is 0 Å². The Hall–Kier alpha value is -1.04. The Labute approximate surface area is 133 Å². The smallest absolute Gasteiger partial charge is 0.276 e. The minimum atomic E-state index is 0.551. The van der Waals surface area contributed by atoms with Crippen LogP contribution in [0.5, 0.6) is 0 Å². The van der Waals surface area contributed by atoms with Gasteiger partial charge in [-0.2, -0.15) is 0 Å². The lowest BCUT2D eigenvalue weighted by Crippen LogP contribution is -2.33. The lowest BCUT2D eigenvalue weighted by Gasteiger charge is -2.28. The van der Waals surface area contributed by atoms with Crippen LogP contribution >= 0.6 is 23.4 Å². The van der Waals surface area contributed by atoms with Gasteiger partial charge in [0.25, 0.3) is 5.22 Å². The molecule has 1 aromatic carbocycles. The molecule has 0 spiro atoms. The zero-order valence-electron chi connectivity index (χ0n) is 12.0. The van der Waals surface area contributed by atoms with E-state index in [1.807, 2.05) is 24.3 Å². The lowest BCUT2D eigenvalue weighted by molar-refractivity contribution is 0.224. The first-order valence-corrected chi connectivity index (χ1v) is 8.48. The number of hydrogen-bond donors (Lipinski definition) is 0. The summed E-state index contributed by atoms with van der Waals surface area (Å²) in [5, 5.41) is 9.57. The predicted octanol–water partition coefficient (Wildman–Crippen LogP) is 3.82.